The van der Waals surface area contributed by atoms with E-state index < -0.39 is 0 Å². The highest BCUT2D eigenvalue weighted by atomic mass is 15.3. The minimum atomic E-state index is 0.415. The zero-order valence-corrected chi connectivity index (χ0v) is 17.5. The maximum absolute atomic E-state index is 5.66. The molecule has 1 unspecified atom stereocenters. The van der Waals surface area contributed by atoms with Crippen LogP contribution in [-0.2, 0) is 0 Å². The van der Waals surface area contributed by atoms with Crippen molar-refractivity contribution in [2.24, 2.45) is 10.7 Å². The molecule has 26 heavy (non-hydrogen) atoms. The zero-order chi connectivity index (χ0) is 18.7. The molecule has 0 saturated heterocycles. The number of nitrogens with two attached hydrogens (primary N) is 1. The first kappa shape index (κ1) is 23.4. The highest BCUT2D eigenvalue weighted by molar-refractivity contribution is 5.62. The van der Waals surface area contributed by atoms with Crippen molar-refractivity contribution in [1.29, 1.82) is 0 Å². The number of aliphatic imine (C=N–C) groups is 1. The predicted molar refractivity (Wildman–Crippen MR) is 117 cm³/mol. The summed E-state index contributed by atoms with van der Waals surface area (Å²) in [5.74, 6) is 0. The van der Waals surface area contributed by atoms with Crippen LogP contribution in [0.1, 0.15) is 103 Å². The molecule has 1 rings (SSSR count). The minimum absolute atomic E-state index is 0.415. The van der Waals surface area contributed by atoms with Gasteiger partial charge in [-0.2, -0.15) is 0 Å². The summed E-state index contributed by atoms with van der Waals surface area (Å²) in [5, 5.41) is 0. The smallest absolute Gasteiger partial charge is 0.102 e. The van der Waals surface area contributed by atoms with E-state index in [1.54, 1.807) is 0 Å². The number of unbranched alkanes of at least 4 members (excludes halogenated alkanes) is 12. The molecule has 1 atom stereocenters. The van der Waals surface area contributed by atoms with E-state index in [-0.39, 0.29) is 0 Å². The summed E-state index contributed by atoms with van der Waals surface area (Å²) in [6.07, 6.45) is 27.7. The van der Waals surface area contributed by atoms with Crippen molar-refractivity contribution in [3.63, 3.8) is 0 Å². The molecule has 1 aliphatic rings. The number of rotatable bonds is 18. The molecule has 0 aromatic heterocycles. The summed E-state index contributed by atoms with van der Waals surface area (Å²) in [6, 6.07) is 0. The molecular formula is C23H45N3. The fourth-order valence-electron chi connectivity index (χ4n) is 3.73. The molecule has 0 radical (unpaired) electrons. The van der Waals surface area contributed by atoms with Crippen LogP contribution in [0, 0.1) is 0 Å². The van der Waals surface area contributed by atoms with Gasteiger partial charge in [0.05, 0.1) is 0 Å². The molecule has 1 aliphatic heterocycles. The Balaban J connectivity index is 1.78. The first-order valence-corrected chi connectivity index (χ1v) is 11.5. The Labute approximate surface area is 163 Å². The first-order chi connectivity index (χ1) is 12.9. The molecule has 0 fully saturated rings. The van der Waals surface area contributed by atoms with Crippen LogP contribution in [0.3, 0.4) is 0 Å². The van der Waals surface area contributed by atoms with Gasteiger partial charge in [0.1, 0.15) is 6.17 Å². The Kier molecular flexibility index (Phi) is 15.9. The topological polar surface area (TPSA) is 41.6 Å². The number of allylic oxidation sites excluding steroid dienone is 2. The van der Waals surface area contributed by atoms with Crippen molar-refractivity contribution in [3.8, 4) is 0 Å². The van der Waals surface area contributed by atoms with E-state index in [1.165, 1.54) is 96.3 Å². The average molecular weight is 364 g/mol. The van der Waals surface area contributed by atoms with Gasteiger partial charge in [-0.15, -0.1) is 0 Å². The van der Waals surface area contributed by atoms with Gasteiger partial charge in [-0.25, -0.2) is 0 Å². The standard InChI is InChI=1S/C23H45N3/c1-2-3-4-5-6-7-8-9-10-11-12-13-14-15-16-17-18-23-25-20-22-26(23)21-19-24/h7-8,20,23H,2-6,9-19,21-22,24H2,1H3/b8-7+. The Bertz CT molecular complexity index is 351. The zero-order valence-electron chi connectivity index (χ0n) is 17.5. The second-order valence-corrected chi connectivity index (χ2v) is 7.82. The maximum Gasteiger partial charge on any atom is 0.102 e. The fraction of sp³-hybridized carbons (Fsp3) is 0.870. The molecular weight excluding hydrogens is 318 g/mol. The Hall–Kier alpha value is -0.670. The Morgan fingerprint density at radius 2 is 1.46 bits per heavy atom. The van der Waals surface area contributed by atoms with Gasteiger partial charge in [-0.1, -0.05) is 76.9 Å². The van der Waals surface area contributed by atoms with Crippen molar-refractivity contribution in [1.82, 2.24) is 4.90 Å². The van der Waals surface area contributed by atoms with Gasteiger partial charge in [0.25, 0.3) is 0 Å². The third-order valence-electron chi connectivity index (χ3n) is 5.41. The van der Waals surface area contributed by atoms with Crippen molar-refractivity contribution in [2.45, 2.75) is 109 Å². The largest absolute Gasteiger partial charge is 0.329 e. The lowest BCUT2D eigenvalue weighted by Crippen LogP contribution is -2.34. The van der Waals surface area contributed by atoms with Gasteiger partial charge in [0.2, 0.25) is 0 Å². The van der Waals surface area contributed by atoms with Gasteiger partial charge < -0.3 is 5.73 Å². The molecule has 1 heterocycles. The Morgan fingerprint density at radius 1 is 0.885 bits per heavy atom. The highest BCUT2D eigenvalue weighted by Crippen LogP contribution is 2.16. The predicted octanol–water partition coefficient (Wildman–Crippen LogP) is 6.09. The van der Waals surface area contributed by atoms with E-state index in [0.29, 0.717) is 6.17 Å². The summed E-state index contributed by atoms with van der Waals surface area (Å²) in [5.41, 5.74) is 5.66. The molecule has 0 aromatic rings. The van der Waals surface area contributed by atoms with Crippen LogP contribution in [0.15, 0.2) is 17.1 Å². The SMILES string of the molecule is CCCCCC/C=C/CCCCCCCCCCC1N=CCN1CCN. The summed E-state index contributed by atoms with van der Waals surface area (Å²) >= 11 is 0. The molecule has 0 aromatic carbocycles. The van der Waals surface area contributed by atoms with Gasteiger partial charge in [0, 0.05) is 25.8 Å². The van der Waals surface area contributed by atoms with Gasteiger partial charge in [-0.05, 0) is 38.5 Å². The van der Waals surface area contributed by atoms with E-state index in [0.717, 1.165) is 19.6 Å². The molecule has 0 saturated carbocycles. The summed E-state index contributed by atoms with van der Waals surface area (Å²) in [7, 11) is 0. The van der Waals surface area contributed by atoms with Crippen LogP contribution in [0.25, 0.3) is 0 Å². The van der Waals surface area contributed by atoms with Crippen LogP contribution >= 0.6 is 0 Å². The van der Waals surface area contributed by atoms with Gasteiger partial charge in [-0.3, -0.25) is 9.89 Å². The summed E-state index contributed by atoms with van der Waals surface area (Å²) in [6.45, 7) is 5.00. The third kappa shape index (κ3) is 12.6. The van der Waals surface area contributed by atoms with Crippen molar-refractivity contribution < 1.29 is 0 Å². The van der Waals surface area contributed by atoms with E-state index in [2.05, 4.69) is 35.2 Å². The third-order valence-corrected chi connectivity index (χ3v) is 5.41. The maximum atomic E-state index is 5.66. The van der Waals surface area contributed by atoms with Gasteiger partial charge in [0.15, 0.2) is 0 Å². The van der Waals surface area contributed by atoms with E-state index in [4.69, 9.17) is 5.73 Å². The molecule has 152 valence electrons. The van der Waals surface area contributed by atoms with Crippen molar-refractivity contribution >= 4 is 6.21 Å². The van der Waals surface area contributed by atoms with E-state index >= 15 is 0 Å². The highest BCUT2D eigenvalue weighted by Gasteiger charge is 2.19. The lowest BCUT2D eigenvalue weighted by molar-refractivity contribution is 0.241. The second kappa shape index (κ2) is 17.7. The number of hydrogen-bond acceptors (Lipinski definition) is 3. The van der Waals surface area contributed by atoms with Crippen LogP contribution in [0.2, 0.25) is 0 Å². The molecule has 0 aliphatic carbocycles. The fourth-order valence-corrected chi connectivity index (χ4v) is 3.73. The number of nitrogens with zero attached hydrogens (tertiary/aromatic N) is 2. The lowest BCUT2D eigenvalue weighted by atomic mass is 10.1. The van der Waals surface area contributed by atoms with Gasteiger partial charge >= 0.3 is 0 Å². The molecule has 3 heteroatoms. The first-order valence-electron chi connectivity index (χ1n) is 11.5. The molecule has 0 amide bonds. The summed E-state index contributed by atoms with van der Waals surface area (Å²) < 4.78 is 0. The van der Waals surface area contributed by atoms with Crippen LogP contribution in [0.5, 0.6) is 0 Å². The van der Waals surface area contributed by atoms with Crippen LogP contribution in [0.4, 0.5) is 0 Å². The molecule has 2 N–H and O–H groups in total. The summed E-state index contributed by atoms with van der Waals surface area (Å²) in [4.78, 5) is 6.99. The van der Waals surface area contributed by atoms with Crippen molar-refractivity contribution in [3.05, 3.63) is 12.2 Å². The Morgan fingerprint density at radius 3 is 2.08 bits per heavy atom. The van der Waals surface area contributed by atoms with Crippen molar-refractivity contribution in [2.75, 3.05) is 19.6 Å². The normalized spacial score (nSPS) is 17.7. The molecule has 0 bridgehead atoms. The average Bonchev–Trinajstić information content (AvgIpc) is 3.09. The minimum Gasteiger partial charge on any atom is -0.329 e. The quantitative estimate of drug-likeness (QED) is 0.237. The van der Waals surface area contributed by atoms with Crippen LogP contribution in [-0.4, -0.2) is 36.9 Å². The van der Waals surface area contributed by atoms with Crippen LogP contribution < -0.4 is 5.73 Å². The van der Waals surface area contributed by atoms with E-state index in [9.17, 15) is 0 Å². The lowest BCUT2D eigenvalue weighted by Gasteiger charge is -2.21. The monoisotopic (exact) mass is 363 g/mol. The van der Waals surface area contributed by atoms with E-state index in [1.807, 2.05) is 0 Å². The second-order valence-electron chi connectivity index (χ2n) is 7.82. The molecule has 3 nitrogen and oxygen atoms in total. The number of hydrogen-bond donors (Lipinski definition) is 1. The molecule has 0 spiro atoms.